The van der Waals surface area contributed by atoms with Crippen molar-refractivity contribution < 1.29 is 4.79 Å². The van der Waals surface area contributed by atoms with E-state index in [1.807, 2.05) is 25.1 Å². The smallest absolute Gasteiger partial charge is 0.220 e. The molecule has 0 aliphatic carbocycles. The van der Waals surface area contributed by atoms with Crippen LogP contribution in [0.25, 0.3) is 0 Å². The molecule has 0 bridgehead atoms. The molecule has 1 aromatic rings. The molecule has 1 aliphatic rings. The van der Waals surface area contributed by atoms with E-state index in [0.717, 1.165) is 36.0 Å². The van der Waals surface area contributed by atoms with Crippen LogP contribution >= 0.6 is 15.9 Å². The maximum atomic E-state index is 12.0. The zero-order chi connectivity index (χ0) is 13.7. The van der Waals surface area contributed by atoms with Crippen LogP contribution in [-0.4, -0.2) is 19.0 Å². The average Bonchev–Trinajstić information content (AvgIpc) is 2.39. The molecule has 0 radical (unpaired) electrons. The first-order valence-corrected chi connectivity index (χ1v) is 7.70. The van der Waals surface area contributed by atoms with Gasteiger partial charge >= 0.3 is 0 Å². The Morgan fingerprint density at radius 2 is 2.21 bits per heavy atom. The molecule has 2 N–H and O–H groups in total. The van der Waals surface area contributed by atoms with Gasteiger partial charge in [-0.2, -0.15) is 0 Å². The second kappa shape index (κ2) is 7.06. The summed E-state index contributed by atoms with van der Waals surface area (Å²) in [6.45, 7) is 4.11. The van der Waals surface area contributed by atoms with Crippen molar-refractivity contribution in [1.82, 2.24) is 10.6 Å². The summed E-state index contributed by atoms with van der Waals surface area (Å²) in [5.74, 6) is 0.704. The molecule has 1 saturated heterocycles. The van der Waals surface area contributed by atoms with E-state index in [2.05, 4.69) is 32.6 Å². The number of nitrogens with one attached hydrogen (secondary N) is 2. The van der Waals surface area contributed by atoms with Crippen LogP contribution in [0.4, 0.5) is 0 Å². The molecule has 4 heteroatoms. The van der Waals surface area contributed by atoms with Crippen LogP contribution in [-0.2, 0) is 4.79 Å². The summed E-state index contributed by atoms with van der Waals surface area (Å²) in [6, 6.07) is 8.14. The highest BCUT2D eigenvalue weighted by atomic mass is 79.9. The van der Waals surface area contributed by atoms with E-state index in [0.29, 0.717) is 12.3 Å². The summed E-state index contributed by atoms with van der Waals surface area (Å²) in [5.41, 5.74) is 1.13. The fraction of sp³-hybridized carbons (Fsp3) is 0.533. The molecule has 104 valence electrons. The largest absolute Gasteiger partial charge is 0.350 e. The van der Waals surface area contributed by atoms with Crippen LogP contribution in [0.3, 0.4) is 0 Å². The number of halogens is 1. The Labute approximate surface area is 123 Å². The number of benzene rings is 1. The molecule has 19 heavy (non-hydrogen) atoms. The molecule has 0 aromatic heterocycles. The minimum absolute atomic E-state index is 0.0618. The summed E-state index contributed by atoms with van der Waals surface area (Å²) in [4.78, 5) is 12.0. The van der Waals surface area contributed by atoms with E-state index in [4.69, 9.17) is 0 Å². The van der Waals surface area contributed by atoms with Crippen molar-refractivity contribution in [1.29, 1.82) is 0 Å². The third kappa shape index (κ3) is 4.62. The maximum Gasteiger partial charge on any atom is 0.220 e. The molecule has 1 aromatic carbocycles. The normalized spacial score (nSPS) is 18.0. The summed E-state index contributed by atoms with van der Waals surface area (Å²) in [6.07, 6.45) is 2.87. The van der Waals surface area contributed by atoms with Crippen molar-refractivity contribution in [2.75, 3.05) is 13.1 Å². The quantitative estimate of drug-likeness (QED) is 0.893. The topological polar surface area (TPSA) is 41.1 Å². The van der Waals surface area contributed by atoms with Crippen molar-refractivity contribution in [2.45, 2.75) is 32.2 Å². The van der Waals surface area contributed by atoms with Gasteiger partial charge in [0.05, 0.1) is 6.04 Å². The molecule has 2 rings (SSSR count). The van der Waals surface area contributed by atoms with E-state index in [1.54, 1.807) is 0 Å². The van der Waals surface area contributed by atoms with Gasteiger partial charge in [0.25, 0.3) is 0 Å². The van der Waals surface area contributed by atoms with Crippen LogP contribution < -0.4 is 10.6 Å². The number of amides is 1. The van der Waals surface area contributed by atoms with Gasteiger partial charge in [0.2, 0.25) is 5.91 Å². The lowest BCUT2D eigenvalue weighted by molar-refractivity contribution is -0.122. The highest BCUT2D eigenvalue weighted by Gasteiger charge is 2.18. The lowest BCUT2D eigenvalue weighted by atomic mass is 9.94. The highest BCUT2D eigenvalue weighted by molar-refractivity contribution is 9.10. The average molecular weight is 325 g/mol. The predicted molar refractivity (Wildman–Crippen MR) is 80.9 cm³/mol. The van der Waals surface area contributed by atoms with Crippen molar-refractivity contribution in [3.8, 4) is 0 Å². The van der Waals surface area contributed by atoms with Crippen molar-refractivity contribution in [3.05, 3.63) is 34.3 Å². The third-order valence-electron chi connectivity index (χ3n) is 3.66. The highest BCUT2D eigenvalue weighted by Crippen LogP contribution is 2.19. The number of piperidine rings is 1. The summed E-state index contributed by atoms with van der Waals surface area (Å²) < 4.78 is 1.05. The van der Waals surface area contributed by atoms with Gasteiger partial charge in [-0.15, -0.1) is 0 Å². The predicted octanol–water partition coefficient (Wildman–Crippen LogP) is 3.02. The van der Waals surface area contributed by atoms with Crippen molar-refractivity contribution in [2.24, 2.45) is 5.92 Å². The molecule has 1 fully saturated rings. The van der Waals surface area contributed by atoms with Crippen LogP contribution in [0.2, 0.25) is 0 Å². The first-order chi connectivity index (χ1) is 9.15. The number of hydrogen-bond acceptors (Lipinski definition) is 2. The fourth-order valence-corrected chi connectivity index (χ4v) is 2.92. The first kappa shape index (κ1) is 14.5. The molecular weight excluding hydrogens is 304 g/mol. The second-order valence-electron chi connectivity index (χ2n) is 5.24. The molecule has 0 spiro atoms. The SMILES string of the molecule is C[C@@H](NC(=O)CC1CCNCC1)c1cccc(Br)c1. The Bertz CT molecular complexity index is 430. The van der Waals surface area contributed by atoms with E-state index in [-0.39, 0.29) is 11.9 Å². The molecule has 1 amide bonds. The fourth-order valence-electron chi connectivity index (χ4n) is 2.51. The Kier molecular flexibility index (Phi) is 5.40. The number of hydrogen-bond donors (Lipinski definition) is 2. The van der Waals surface area contributed by atoms with Gasteiger partial charge in [-0.3, -0.25) is 4.79 Å². The van der Waals surface area contributed by atoms with E-state index >= 15 is 0 Å². The van der Waals surface area contributed by atoms with Gasteiger partial charge in [-0.25, -0.2) is 0 Å². The zero-order valence-electron chi connectivity index (χ0n) is 11.3. The van der Waals surface area contributed by atoms with E-state index in [9.17, 15) is 4.79 Å². The molecule has 0 unspecified atom stereocenters. The number of carbonyl (C=O) groups is 1. The molecule has 1 atom stereocenters. The molecular formula is C15H21BrN2O. The Morgan fingerprint density at radius 3 is 2.89 bits per heavy atom. The monoisotopic (exact) mass is 324 g/mol. The van der Waals surface area contributed by atoms with E-state index in [1.165, 1.54) is 0 Å². The minimum Gasteiger partial charge on any atom is -0.350 e. The van der Waals surface area contributed by atoms with Crippen LogP contribution in [0.1, 0.15) is 37.8 Å². The molecule has 3 nitrogen and oxygen atoms in total. The molecule has 0 saturated carbocycles. The Hall–Kier alpha value is -0.870. The van der Waals surface area contributed by atoms with Crippen LogP contribution in [0.15, 0.2) is 28.7 Å². The second-order valence-corrected chi connectivity index (χ2v) is 6.16. The van der Waals surface area contributed by atoms with Crippen molar-refractivity contribution in [3.63, 3.8) is 0 Å². The first-order valence-electron chi connectivity index (χ1n) is 6.90. The van der Waals surface area contributed by atoms with Gasteiger partial charge in [-0.05, 0) is 56.5 Å². The van der Waals surface area contributed by atoms with Crippen LogP contribution in [0.5, 0.6) is 0 Å². The van der Waals surface area contributed by atoms with Gasteiger partial charge in [0.15, 0.2) is 0 Å². The Morgan fingerprint density at radius 1 is 1.47 bits per heavy atom. The maximum absolute atomic E-state index is 12.0. The standard InChI is InChI=1S/C15H21BrN2O/c1-11(13-3-2-4-14(16)10-13)18-15(19)9-12-5-7-17-8-6-12/h2-4,10-12,17H,5-9H2,1H3,(H,18,19)/t11-/m1/s1. The third-order valence-corrected chi connectivity index (χ3v) is 4.15. The summed E-state index contributed by atoms with van der Waals surface area (Å²) >= 11 is 3.46. The number of carbonyl (C=O) groups excluding carboxylic acids is 1. The van der Waals surface area contributed by atoms with Gasteiger partial charge in [0, 0.05) is 10.9 Å². The van der Waals surface area contributed by atoms with Gasteiger partial charge in [-0.1, -0.05) is 28.1 Å². The van der Waals surface area contributed by atoms with Crippen molar-refractivity contribution >= 4 is 21.8 Å². The molecule has 1 heterocycles. The summed E-state index contributed by atoms with van der Waals surface area (Å²) in [7, 11) is 0. The molecule has 1 aliphatic heterocycles. The number of rotatable bonds is 4. The van der Waals surface area contributed by atoms with Gasteiger partial charge < -0.3 is 10.6 Å². The minimum atomic E-state index is 0.0618. The summed E-state index contributed by atoms with van der Waals surface area (Å²) in [5, 5.41) is 6.41. The lowest BCUT2D eigenvalue weighted by Gasteiger charge is -2.23. The van der Waals surface area contributed by atoms with Crippen LogP contribution in [0, 0.1) is 5.92 Å². The zero-order valence-corrected chi connectivity index (χ0v) is 12.9. The lowest BCUT2D eigenvalue weighted by Crippen LogP contribution is -2.33. The van der Waals surface area contributed by atoms with E-state index < -0.39 is 0 Å². The Balaban J connectivity index is 1.84. The van der Waals surface area contributed by atoms with Gasteiger partial charge in [0.1, 0.15) is 0 Å².